The van der Waals surface area contributed by atoms with Crippen LogP contribution in [0, 0.1) is 0 Å². The van der Waals surface area contributed by atoms with E-state index in [1.165, 1.54) is 11.9 Å². The average Bonchev–Trinajstić information content (AvgIpc) is 2.59. The molecule has 0 fully saturated rings. The lowest BCUT2D eigenvalue weighted by Crippen LogP contribution is -2.23. The number of hydrazine groups is 1. The predicted molar refractivity (Wildman–Crippen MR) is 35.9 cm³/mol. The first-order valence-electron chi connectivity index (χ1n) is 2.44. The van der Waals surface area contributed by atoms with Crippen molar-refractivity contribution in [1.29, 1.82) is 0 Å². The van der Waals surface area contributed by atoms with Gasteiger partial charge in [-0.25, -0.2) is 5.53 Å². The Morgan fingerprint density at radius 2 is 2.60 bits per heavy atom. The number of H-pyrrole nitrogens is 1. The number of rotatable bonds is 1. The summed E-state index contributed by atoms with van der Waals surface area (Å²) in [7, 11) is 0. The lowest BCUT2D eigenvalue weighted by Gasteiger charge is -2.06. The van der Waals surface area contributed by atoms with Gasteiger partial charge >= 0.3 is 0 Å². The van der Waals surface area contributed by atoms with Gasteiger partial charge < -0.3 is 0 Å². The first-order chi connectivity index (χ1) is 4.97. The van der Waals surface area contributed by atoms with E-state index < -0.39 is 0 Å². The van der Waals surface area contributed by atoms with E-state index in [0.29, 0.717) is 5.95 Å². The highest BCUT2D eigenvalue weighted by molar-refractivity contribution is 8.13. The number of nitrogens with one attached hydrogen (secondary N) is 2. The van der Waals surface area contributed by atoms with E-state index in [9.17, 15) is 0 Å². The monoisotopic (exact) mass is 157 g/mol. The van der Waals surface area contributed by atoms with Crippen LogP contribution in [0.2, 0.25) is 0 Å². The van der Waals surface area contributed by atoms with Crippen molar-refractivity contribution in [2.45, 2.75) is 0 Å². The normalized spacial score (nSPS) is 15.8. The highest BCUT2D eigenvalue weighted by Gasteiger charge is 2.12. The molecular formula is C2H3N7S. The number of aromatic nitrogens is 4. The number of hydrazone groups is 1. The molecule has 0 unspecified atom stereocenters. The Morgan fingerprint density at radius 3 is 3.20 bits per heavy atom. The standard InChI is InChI=1S/C2H3N7S/c1-3-8-9(10-1)2-4-6-7-5-2/h1,8H,(H,4,5,6,7). The Bertz CT molecular complexity index is 220. The number of nitrogens with zero attached hydrogens (tertiary/aromatic N) is 5. The molecule has 52 valence electrons. The second kappa shape index (κ2) is 2.14. The molecule has 0 aromatic carbocycles. The molecule has 1 aliphatic rings. The number of anilines is 1. The molecule has 0 aliphatic carbocycles. The molecule has 10 heavy (non-hydrogen) atoms. The van der Waals surface area contributed by atoms with Crippen LogP contribution >= 0.6 is 11.9 Å². The van der Waals surface area contributed by atoms with Crippen LogP contribution in [0.5, 0.6) is 0 Å². The van der Waals surface area contributed by atoms with Gasteiger partial charge in [0.05, 0.1) is 0 Å². The zero-order chi connectivity index (χ0) is 6.81. The Kier molecular flexibility index (Phi) is 1.17. The van der Waals surface area contributed by atoms with Crippen molar-refractivity contribution in [2.75, 3.05) is 4.41 Å². The molecule has 8 heteroatoms. The summed E-state index contributed by atoms with van der Waals surface area (Å²) in [6.07, 6.45) is 0. The molecule has 2 rings (SSSR count). The quantitative estimate of drug-likeness (QED) is 0.515. The summed E-state index contributed by atoms with van der Waals surface area (Å²) in [4.78, 5) is 0. The van der Waals surface area contributed by atoms with E-state index in [4.69, 9.17) is 0 Å². The number of hydrogen-bond donors (Lipinski definition) is 2. The van der Waals surface area contributed by atoms with Crippen LogP contribution in [0.3, 0.4) is 0 Å². The minimum Gasteiger partial charge on any atom is -0.204 e. The van der Waals surface area contributed by atoms with Gasteiger partial charge in [-0.2, -0.15) is 14.7 Å². The van der Waals surface area contributed by atoms with Crippen molar-refractivity contribution in [2.24, 2.45) is 5.10 Å². The van der Waals surface area contributed by atoms with Gasteiger partial charge in [-0.05, 0) is 5.21 Å². The molecule has 1 aromatic heterocycles. The number of hydrogen-bond acceptors (Lipinski definition) is 7. The highest BCUT2D eigenvalue weighted by Crippen LogP contribution is 2.13. The SMILES string of the molecule is C1=NNN(c2nn[nH]n2)S1. The molecule has 0 radical (unpaired) electrons. The minimum absolute atomic E-state index is 0.461. The van der Waals surface area contributed by atoms with Gasteiger partial charge in [0, 0.05) is 11.9 Å². The molecule has 0 saturated carbocycles. The molecule has 2 N–H and O–H groups in total. The second-order valence-electron chi connectivity index (χ2n) is 1.45. The van der Waals surface area contributed by atoms with Crippen LogP contribution in [-0.4, -0.2) is 26.2 Å². The fourth-order valence-electron chi connectivity index (χ4n) is 0.505. The summed E-state index contributed by atoms with van der Waals surface area (Å²) in [6, 6.07) is 0. The zero-order valence-corrected chi connectivity index (χ0v) is 5.54. The molecule has 0 spiro atoms. The third-order valence-corrected chi connectivity index (χ3v) is 1.53. The van der Waals surface area contributed by atoms with E-state index in [0.717, 1.165) is 0 Å². The molecule has 0 bridgehead atoms. The van der Waals surface area contributed by atoms with E-state index in [2.05, 4.69) is 31.3 Å². The minimum atomic E-state index is 0.461. The van der Waals surface area contributed by atoms with Gasteiger partial charge in [-0.1, -0.05) is 5.10 Å². The van der Waals surface area contributed by atoms with Gasteiger partial charge in [0.25, 0.3) is 5.95 Å². The summed E-state index contributed by atoms with van der Waals surface area (Å²) in [5.41, 5.74) is 4.28. The van der Waals surface area contributed by atoms with Gasteiger partial charge in [-0.15, -0.1) is 5.10 Å². The average molecular weight is 157 g/mol. The van der Waals surface area contributed by atoms with Gasteiger partial charge in [0.1, 0.15) is 5.55 Å². The van der Waals surface area contributed by atoms with E-state index in [-0.39, 0.29) is 0 Å². The van der Waals surface area contributed by atoms with Crippen molar-refractivity contribution in [3.63, 3.8) is 0 Å². The lowest BCUT2D eigenvalue weighted by molar-refractivity contribution is 0.804. The summed E-state index contributed by atoms with van der Waals surface area (Å²) < 4.78 is 1.57. The molecule has 7 nitrogen and oxygen atoms in total. The van der Waals surface area contributed by atoms with Crippen LogP contribution in [0.25, 0.3) is 0 Å². The van der Waals surface area contributed by atoms with Crippen LogP contribution in [-0.2, 0) is 0 Å². The highest BCUT2D eigenvalue weighted by atomic mass is 32.2. The molecule has 0 saturated heterocycles. The summed E-state index contributed by atoms with van der Waals surface area (Å²) in [6.45, 7) is 0. The molecule has 1 aliphatic heterocycles. The van der Waals surface area contributed by atoms with Crippen molar-refractivity contribution in [1.82, 2.24) is 26.2 Å². The van der Waals surface area contributed by atoms with Crippen molar-refractivity contribution >= 4 is 23.4 Å². The fraction of sp³-hybridized carbons (Fsp3) is 0. The second-order valence-corrected chi connectivity index (χ2v) is 2.23. The van der Waals surface area contributed by atoms with Crippen LogP contribution in [0.4, 0.5) is 5.95 Å². The maximum Gasteiger partial charge on any atom is 0.296 e. The smallest absolute Gasteiger partial charge is 0.204 e. The largest absolute Gasteiger partial charge is 0.296 e. The Labute approximate surface area is 60.0 Å². The van der Waals surface area contributed by atoms with E-state index in [1.54, 1.807) is 9.96 Å². The van der Waals surface area contributed by atoms with Crippen molar-refractivity contribution in [3.05, 3.63) is 0 Å². The molecule has 1 aromatic rings. The number of tetrazole rings is 1. The van der Waals surface area contributed by atoms with E-state index in [1.807, 2.05) is 0 Å². The van der Waals surface area contributed by atoms with Gasteiger partial charge in [0.15, 0.2) is 0 Å². The molecule has 2 heterocycles. The Balaban J connectivity index is 2.14. The topological polar surface area (TPSA) is 82.1 Å². The third kappa shape index (κ3) is 0.778. The zero-order valence-electron chi connectivity index (χ0n) is 4.72. The summed E-state index contributed by atoms with van der Waals surface area (Å²) >= 11 is 1.35. The number of aromatic amines is 1. The first kappa shape index (κ1) is 5.47. The maximum absolute atomic E-state index is 3.71. The van der Waals surface area contributed by atoms with Crippen molar-refractivity contribution in [3.8, 4) is 0 Å². The molecule has 0 amide bonds. The third-order valence-electron chi connectivity index (χ3n) is 0.870. The van der Waals surface area contributed by atoms with Crippen LogP contribution in [0.15, 0.2) is 5.10 Å². The Hall–Kier alpha value is -1.31. The molecule has 0 atom stereocenters. The lowest BCUT2D eigenvalue weighted by atomic mass is 11.1. The maximum atomic E-state index is 3.71. The van der Waals surface area contributed by atoms with Gasteiger partial charge in [-0.3, -0.25) is 0 Å². The first-order valence-corrected chi connectivity index (χ1v) is 3.28. The van der Waals surface area contributed by atoms with Crippen LogP contribution < -0.4 is 9.95 Å². The van der Waals surface area contributed by atoms with Crippen LogP contribution in [0.1, 0.15) is 0 Å². The predicted octanol–water partition coefficient (Wildman–Crippen LogP) is -0.884. The molecular weight excluding hydrogens is 154 g/mol. The summed E-state index contributed by atoms with van der Waals surface area (Å²) in [5.74, 6) is 0.461. The Morgan fingerprint density at radius 1 is 1.60 bits per heavy atom. The van der Waals surface area contributed by atoms with Crippen molar-refractivity contribution < 1.29 is 0 Å². The van der Waals surface area contributed by atoms with E-state index >= 15 is 0 Å². The summed E-state index contributed by atoms with van der Waals surface area (Å²) in [5, 5.41) is 16.8. The fourth-order valence-corrected chi connectivity index (χ4v) is 0.959. The van der Waals surface area contributed by atoms with Gasteiger partial charge in [0.2, 0.25) is 0 Å².